The highest BCUT2D eigenvalue weighted by molar-refractivity contribution is 7.99. The molecule has 1 aliphatic heterocycles. The number of ether oxygens (including phenoxy) is 2. The quantitative estimate of drug-likeness (QED) is 0.621. The zero-order valence-corrected chi connectivity index (χ0v) is 18.0. The van der Waals surface area contributed by atoms with E-state index >= 15 is 0 Å². The Hall–Kier alpha value is -2.10. The van der Waals surface area contributed by atoms with Crippen molar-refractivity contribution in [1.29, 1.82) is 0 Å². The average molecular weight is 420 g/mol. The number of benzene rings is 1. The van der Waals surface area contributed by atoms with Gasteiger partial charge < -0.3 is 14.8 Å². The smallest absolute Gasteiger partial charge is 0.230 e. The second-order valence-electron chi connectivity index (χ2n) is 7.23. The van der Waals surface area contributed by atoms with Gasteiger partial charge in [-0.15, -0.1) is 10.2 Å². The Kier molecular flexibility index (Phi) is 7.91. The first-order valence-corrected chi connectivity index (χ1v) is 10.8. The molecule has 2 aromatic rings. The van der Waals surface area contributed by atoms with Crippen molar-refractivity contribution < 1.29 is 14.3 Å². The van der Waals surface area contributed by atoms with Crippen LogP contribution in [0, 0.1) is 5.92 Å². The minimum absolute atomic E-state index is 0.00168. The van der Waals surface area contributed by atoms with Crippen LogP contribution >= 0.6 is 11.8 Å². The molecule has 1 unspecified atom stereocenters. The molecule has 0 aliphatic carbocycles. The van der Waals surface area contributed by atoms with Crippen LogP contribution in [0.3, 0.4) is 0 Å². The number of methoxy groups -OCH3 is 1. The number of hydrogen-bond donors (Lipinski definition) is 1. The van der Waals surface area contributed by atoms with Crippen LogP contribution in [0.4, 0.5) is 0 Å². The van der Waals surface area contributed by atoms with Gasteiger partial charge in [-0.05, 0) is 30.2 Å². The molecule has 8 nitrogen and oxygen atoms in total. The first kappa shape index (κ1) is 21.6. The highest BCUT2D eigenvalue weighted by Crippen LogP contribution is 2.21. The normalized spacial score (nSPS) is 16.0. The van der Waals surface area contributed by atoms with Crippen molar-refractivity contribution in [3.63, 3.8) is 0 Å². The van der Waals surface area contributed by atoms with Gasteiger partial charge in [0.1, 0.15) is 12.1 Å². The molecule has 0 radical (unpaired) electrons. The molecule has 158 valence electrons. The topological polar surface area (TPSA) is 81.5 Å². The van der Waals surface area contributed by atoms with Gasteiger partial charge in [-0.1, -0.05) is 25.6 Å². The lowest BCUT2D eigenvalue weighted by Gasteiger charge is -2.36. The Morgan fingerprint density at radius 1 is 1.28 bits per heavy atom. The zero-order valence-electron chi connectivity index (χ0n) is 17.2. The first-order valence-electron chi connectivity index (χ1n) is 9.84. The summed E-state index contributed by atoms with van der Waals surface area (Å²) in [6.45, 7) is 8.37. The molecule has 0 bridgehead atoms. The fourth-order valence-electron chi connectivity index (χ4n) is 3.34. The maximum Gasteiger partial charge on any atom is 0.230 e. The molecule has 1 N–H and O–H groups in total. The Morgan fingerprint density at radius 3 is 2.66 bits per heavy atom. The minimum Gasteiger partial charge on any atom is -0.497 e. The van der Waals surface area contributed by atoms with Crippen LogP contribution in [-0.2, 0) is 9.53 Å². The molecule has 3 rings (SSSR count). The monoisotopic (exact) mass is 419 g/mol. The van der Waals surface area contributed by atoms with Crippen LogP contribution in [0.25, 0.3) is 5.69 Å². The summed E-state index contributed by atoms with van der Waals surface area (Å²) in [5.41, 5.74) is 0.922. The number of nitrogens with one attached hydrogen (secondary N) is 1. The molecule has 1 atom stereocenters. The van der Waals surface area contributed by atoms with Gasteiger partial charge in [0.05, 0.1) is 26.1 Å². The predicted molar refractivity (Wildman–Crippen MR) is 113 cm³/mol. The van der Waals surface area contributed by atoms with E-state index in [9.17, 15) is 4.79 Å². The number of amides is 1. The van der Waals surface area contributed by atoms with Crippen LogP contribution in [0.2, 0.25) is 0 Å². The summed E-state index contributed by atoms with van der Waals surface area (Å²) in [6, 6.07) is 7.95. The molecule has 1 fully saturated rings. The van der Waals surface area contributed by atoms with E-state index in [0.717, 1.165) is 37.7 Å². The summed E-state index contributed by atoms with van der Waals surface area (Å²) in [7, 11) is 1.64. The second-order valence-corrected chi connectivity index (χ2v) is 8.18. The van der Waals surface area contributed by atoms with Crippen molar-refractivity contribution in [2.24, 2.45) is 5.92 Å². The summed E-state index contributed by atoms with van der Waals surface area (Å²) in [4.78, 5) is 14.8. The number of thioether (sulfide) groups is 1. The van der Waals surface area contributed by atoms with E-state index in [4.69, 9.17) is 9.47 Å². The molecule has 1 aliphatic rings. The van der Waals surface area contributed by atoms with Gasteiger partial charge in [0.2, 0.25) is 5.91 Å². The molecule has 1 aromatic heterocycles. The SMILES string of the molecule is COc1ccc(-n2cnnc2SCC(=O)NCC(C(C)C)N2CCOCC2)cc1. The van der Waals surface area contributed by atoms with Crippen molar-refractivity contribution in [3.05, 3.63) is 30.6 Å². The van der Waals surface area contributed by atoms with E-state index < -0.39 is 0 Å². The van der Waals surface area contributed by atoms with Gasteiger partial charge in [0.15, 0.2) is 5.16 Å². The summed E-state index contributed by atoms with van der Waals surface area (Å²) < 4.78 is 12.5. The lowest BCUT2D eigenvalue weighted by Crippen LogP contribution is -2.51. The standard InChI is InChI=1S/C20H29N5O3S/c1-15(2)18(24-8-10-28-11-9-24)12-21-19(26)13-29-20-23-22-14-25(20)16-4-6-17(27-3)7-5-16/h4-7,14-15,18H,8-13H2,1-3H3,(H,21,26). The predicted octanol–water partition coefficient (Wildman–Crippen LogP) is 1.84. The maximum absolute atomic E-state index is 12.4. The Balaban J connectivity index is 1.52. The molecule has 9 heteroatoms. The number of carbonyl (C=O) groups excluding carboxylic acids is 1. The highest BCUT2D eigenvalue weighted by atomic mass is 32.2. The summed E-state index contributed by atoms with van der Waals surface area (Å²) in [5, 5.41) is 11.9. The molecule has 29 heavy (non-hydrogen) atoms. The van der Waals surface area contributed by atoms with Crippen LogP contribution in [0.1, 0.15) is 13.8 Å². The second kappa shape index (κ2) is 10.6. The van der Waals surface area contributed by atoms with Gasteiger partial charge >= 0.3 is 0 Å². The van der Waals surface area contributed by atoms with E-state index in [1.165, 1.54) is 11.8 Å². The zero-order chi connectivity index (χ0) is 20.6. The third-order valence-electron chi connectivity index (χ3n) is 4.99. The molecule has 0 spiro atoms. The third-order valence-corrected chi connectivity index (χ3v) is 5.94. The van der Waals surface area contributed by atoms with Crippen molar-refractivity contribution in [2.45, 2.75) is 25.0 Å². The number of aromatic nitrogens is 3. The van der Waals surface area contributed by atoms with Crippen LogP contribution in [0.5, 0.6) is 5.75 Å². The van der Waals surface area contributed by atoms with Crippen LogP contribution < -0.4 is 10.1 Å². The van der Waals surface area contributed by atoms with Gasteiger partial charge in [-0.3, -0.25) is 14.3 Å². The summed E-state index contributed by atoms with van der Waals surface area (Å²) >= 11 is 1.37. The molecule has 2 heterocycles. The number of nitrogens with zero attached hydrogens (tertiary/aromatic N) is 4. The number of carbonyl (C=O) groups is 1. The Morgan fingerprint density at radius 2 is 2.00 bits per heavy atom. The molecule has 1 amide bonds. The molecule has 1 aromatic carbocycles. The van der Waals surface area contributed by atoms with E-state index in [1.54, 1.807) is 13.4 Å². The molecular formula is C20H29N5O3S. The Bertz CT molecular complexity index is 775. The fraction of sp³-hybridized carbons (Fsp3) is 0.550. The summed E-state index contributed by atoms with van der Waals surface area (Å²) in [5.74, 6) is 1.54. The van der Waals surface area contributed by atoms with Gasteiger partial charge in [-0.2, -0.15) is 0 Å². The van der Waals surface area contributed by atoms with Crippen LogP contribution in [0.15, 0.2) is 35.7 Å². The van der Waals surface area contributed by atoms with Gasteiger partial charge in [-0.25, -0.2) is 0 Å². The van der Waals surface area contributed by atoms with Crippen molar-refractivity contribution in [1.82, 2.24) is 25.0 Å². The maximum atomic E-state index is 12.4. The van der Waals surface area contributed by atoms with E-state index in [2.05, 4.69) is 34.3 Å². The van der Waals surface area contributed by atoms with E-state index in [1.807, 2.05) is 28.8 Å². The van der Waals surface area contributed by atoms with Crippen molar-refractivity contribution in [2.75, 3.05) is 45.7 Å². The van der Waals surface area contributed by atoms with Gasteiger partial charge in [0, 0.05) is 31.4 Å². The first-order chi connectivity index (χ1) is 14.1. The third kappa shape index (κ3) is 5.94. The van der Waals surface area contributed by atoms with E-state index in [-0.39, 0.29) is 5.91 Å². The average Bonchev–Trinajstić information content (AvgIpc) is 3.21. The molecule has 0 saturated carbocycles. The number of morpholine rings is 1. The molecular weight excluding hydrogens is 390 g/mol. The highest BCUT2D eigenvalue weighted by Gasteiger charge is 2.24. The summed E-state index contributed by atoms with van der Waals surface area (Å²) in [6.07, 6.45) is 1.65. The minimum atomic E-state index is -0.00168. The van der Waals surface area contributed by atoms with Gasteiger partial charge in [0.25, 0.3) is 0 Å². The lowest BCUT2D eigenvalue weighted by atomic mass is 10.0. The molecule has 1 saturated heterocycles. The van der Waals surface area contributed by atoms with Crippen molar-refractivity contribution >= 4 is 17.7 Å². The van der Waals surface area contributed by atoms with Crippen molar-refractivity contribution in [3.8, 4) is 11.4 Å². The van der Waals surface area contributed by atoms with E-state index in [0.29, 0.717) is 29.4 Å². The number of hydrogen-bond acceptors (Lipinski definition) is 7. The van der Waals surface area contributed by atoms with Crippen LogP contribution in [-0.4, -0.2) is 77.3 Å². The largest absolute Gasteiger partial charge is 0.497 e. The fourth-order valence-corrected chi connectivity index (χ4v) is 4.10. The number of rotatable bonds is 9. The lowest BCUT2D eigenvalue weighted by molar-refractivity contribution is -0.119. The Labute approximate surface area is 176 Å².